The van der Waals surface area contributed by atoms with Crippen LogP contribution in [0.4, 0.5) is 0 Å². The van der Waals surface area contributed by atoms with Crippen LogP contribution in [0.3, 0.4) is 0 Å². The van der Waals surface area contributed by atoms with Crippen molar-refractivity contribution in [3.8, 4) is 0 Å². The van der Waals surface area contributed by atoms with Crippen molar-refractivity contribution in [3.63, 3.8) is 0 Å². The highest BCUT2D eigenvalue weighted by molar-refractivity contribution is 6.30. The number of carbonyl (C=O) groups excluding carboxylic acids is 2. The van der Waals surface area contributed by atoms with Crippen molar-refractivity contribution < 1.29 is 24.2 Å². The third kappa shape index (κ3) is 7.43. The van der Waals surface area contributed by atoms with Gasteiger partial charge in [-0.15, -0.1) is 0 Å². The third-order valence-electron chi connectivity index (χ3n) is 3.22. The summed E-state index contributed by atoms with van der Waals surface area (Å²) < 4.78 is 4.81. The van der Waals surface area contributed by atoms with Crippen LogP contribution >= 0.6 is 11.6 Å². The van der Waals surface area contributed by atoms with Gasteiger partial charge in [-0.1, -0.05) is 11.6 Å². The van der Waals surface area contributed by atoms with Crippen LogP contribution in [0.5, 0.6) is 0 Å². The van der Waals surface area contributed by atoms with E-state index in [0.717, 1.165) is 0 Å². The maximum absolute atomic E-state index is 11.8. The Morgan fingerprint density at radius 2 is 1.92 bits per heavy atom. The van der Waals surface area contributed by atoms with Gasteiger partial charge in [0, 0.05) is 43.7 Å². The summed E-state index contributed by atoms with van der Waals surface area (Å²) in [5.74, 6) is -1.73. The largest absolute Gasteiger partial charge is 0.480 e. The summed E-state index contributed by atoms with van der Waals surface area (Å²) in [7, 11) is 1.46. The maximum Gasteiger partial charge on any atom is 0.326 e. The lowest BCUT2D eigenvalue weighted by molar-refractivity contribution is -0.142. The molecule has 1 aromatic rings. The molecule has 0 fully saturated rings. The number of carboxylic acid groups (broad SMARTS) is 1. The Balaban J connectivity index is 2.28. The van der Waals surface area contributed by atoms with Crippen molar-refractivity contribution in [1.82, 2.24) is 10.6 Å². The Morgan fingerprint density at radius 3 is 2.50 bits per heavy atom. The number of carbonyl (C=O) groups is 3. The minimum atomic E-state index is -1.10. The molecule has 24 heavy (non-hydrogen) atoms. The van der Waals surface area contributed by atoms with Crippen LogP contribution in [0.15, 0.2) is 24.3 Å². The van der Waals surface area contributed by atoms with Gasteiger partial charge in [0.25, 0.3) is 5.91 Å². The van der Waals surface area contributed by atoms with Gasteiger partial charge >= 0.3 is 5.97 Å². The topological polar surface area (TPSA) is 105 Å². The van der Waals surface area contributed by atoms with Crippen LogP contribution in [0.2, 0.25) is 5.02 Å². The van der Waals surface area contributed by atoms with Crippen molar-refractivity contribution in [3.05, 3.63) is 34.9 Å². The lowest BCUT2D eigenvalue weighted by Crippen LogP contribution is -2.41. The first-order valence-corrected chi connectivity index (χ1v) is 7.86. The van der Waals surface area contributed by atoms with Crippen LogP contribution < -0.4 is 10.6 Å². The number of ether oxygens (including phenoxy) is 1. The van der Waals surface area contributed by atoms with E-state index in [2.05, 4.69) is 10.6 Å². The van der Waals surface area contributed by atoms with Gasteiger partial charge in [0.2, 0.25) is 5.91 Å². The van der Waals surface area contributed by atoms with Crippen LogP contribution in [-0.2, 0) is 14.3 Å². The van der Waals surface area contributed by atoms with E-state index in [4.69, 9.17) is 21.4 Å². The predicted molar refractivity (Wildman–Crippen MR) is 89.1 cm³/mol. The number of methoxy groups -OCH3 is 1. The molecule has 0 aromatic heterocycles. The maximum atomic E-state index is 11.8. The molecule has 0 saturated heterocycles. The highest BCUT2D eigenvalue weighted by atomic mass is 35.5. The van der Waals surface area contributed by atoms with E-state index < -0.39 is 12.0 Å². The molecule has 1 rings (SSSR count). The average molecular weight is 357 g/mol. The molecule has 0 aliphatic carbocycles. The molecule has 0 spiro atoms. The van der Waals surface area contributed by atoms with Crippen LogP contribution in [0, 0.1) is 0 Å². The van der Waals surface area contributed by atoms with Crippen molar-refractivity contribution in [2.24, 2.45) is 0 Å². The van der Waals surface area contributed by atoms with E-state index in [0.29, 0.717) is 23.6 Å². The lowest BCUT2D eigenvalue weighted by atomic mass is 10.2. The number of hydrogen-bond acceptors (Lipinski definition) is 4. The Morgan fingerprint density at radius 1 is 1.25 bits per heavy atom. The van der Waals surface area contributed by atoms with Crippen LogP contribution in [-0.4, -0.2) is 49.2 Å². The number of halogens is 1. The molecular weight excluding hydrogens is 336 g/mol. The van der Waals surface area contributed by atoms with Crippen molar-refractivity contribution in [1.29, 1.82) is 0 Å². The summed E-state index contributed by atoms with van der Waals surface area (Å²) in [5.41, 5.74) is 0.481. The summed E-state index contributed by atoms with van der Waals surface area (Å²) in [5, 5.41) is 14.7. The molecule has 0 aliphatic heterocycles. The third-order valence-corrected chi connectivity index (χ3v) is 3.47. The van der Waals surface area contributed by atoms with E-state index in [-0.39, 0.29) is 31.3 Å². The van der Waals surface area contributed by atoms with Crippen LogP contribution in [0.1, 0.15) is 29.6 Å². The Bertz CT molecular complexity index is 562. The fourth-order valence-corrected chi connectivity index (χ4v) is 2.04. The molecular formula is C16H21ClN2O5. The summed E-state index contributed by atoms with van der Waals surface area (Å²) >= 11 is 5.75. The monoisotopic (exact) mass is 356 g/mol. The molecule has 1 atom stereocenters. The predicted octanol–water partition coefficient (Wildman–Crippen LogP) is 1.46. The number of aliphatic carboxylic acids is 1. The smallest absolute Gasteiger partial charge is 0.326 e. The van der Waals surface area contributed by atoms with Crippen LogP contribution in [0.25, 0.3) is 0 Å². The van der Waals surface area contributed by atoms with Gasteiger partial charge in [0.15, 0.2) is 0 Å². The number of nitrogens with one attached hydrogen (secondary N) is 2. The van der Waals surface area contributed by atoms with Gasteiger partial charge in [-0.3, -0.25) is 9.59 Å². The first-order valence-electron chi connectivity index (χ1n) is 7.49. The van der Waals surface area contributed by atoms with E-state index >= 15 is 0 Å². The van der Waals surface area contributed by atoms with E-state index in [1.165, 1.54) is 7.11 Å². The zero-order chi connectivity index (χ0) is 17.9. The molecule has 2 amide bonds. The van der Waals surface area contributed by atoms with Crippen molar-refractivity contribution >= 4 is 29.4 Å². The molecule has 132 valence electrons. The van der Waals surface area contributed by atoms with Gasteiger partial charge in [0.05, 0.1) is 0 Å². The van der Waals surface area contributed by atoms with Gasteiger partial charge < -0.3 is 20.5 Å². The number of rotatable bonds is 10. The molecule has 0 radical (unpaired) electrons. The average Bonchev–Trinajstić information content (AvgIpc) is 2.55. The second-order valence-corrected chi connectivity index (χ2v) is 5.54. The number of benzene rings is 1. The van der Waals surface area contributed by atoms with Gasteiger partial charge in [-0.2, -0.15) is 0 Å². The fraction of sp³-hybridized carbons (Fsp3) is 0.438. The zero-order valence-electron chi connectivity index (χ0n) is 13.4. The first-order chi connectivity index (χ1) is 11.4. The number of carboxylic acids is 1. The van der Waals surface area contributed by atoms with Gasteiger partial charge in [0.1, 0.15) is 6.04 Å². The molecule has 0 bridgehead atoms. The van der Waals surface area contributed by atoms with Crippen molar-refractivity contribution in [2.75, 3.05) is 20.3 Å². The Labute approximate surface area is 145 Å². The molecule has 0 saturated carbocycles. The second-order valence-electron chi connectivity index (χ2n) is 5.11. The zero-order valence-corrected chi connectivity index (χ0v) is 14.1. The fourth-order valence-electron chi connectivity index (χ4n) is 1.91. The summed E-state index contributed by atoms with van der Waals surface area (Å²) in [6, 6.07) is 5.49. The minimum Gasteiger partial charge on any atom is -0.480 e. The molecule has 1 unspecified atom stereocenters. The second kappa shape index (κ2) is 10.6. The highest BCUT2D eigenvalue weighted by Crippen LogP contribution is 2.09. The minimum absolute atomic E-state index is 0.123. The number of hydrogen-bond donors (Lipinski definition) is 3. The molecule has 3 N–H and O–H groups in total. The molecule has 7 nitrogen and oxygen atoms in total. The number of amides is 2. The van der Waals surface area contributed by atoms with E-state index in [1.54, 1.807) is 24.3 Å². The standard InChI is InChI=1S/C16H21ClN2O5/c1-24-10-8-13(16(22)23)19-14(20)3-2-9-18-15(21)11-4-6-12(17)7-5-11/h4-7,13H,2-3,8-10H2,1H3,(H,18,21)(H,19,20)(H,22,23). The molecule has 1 aromatic carbocycles. The van der Waals surface area contributed by atoms with Crippen molar-refractivity contribution in [2.45, 2.75) is 25.3 Å². The normalized spacial score (nSPS) is 11.6. The SMILES string of the molecule is COCCC(NC(=O)CCCNC(=O)c1ccc(Cl)cc1)C(=O)O. The summed E-state index contributed by atoms with van der Waals surface area (Å²) in [4.78, 5) is 34.6. The summed E-state index contributed by atoms with van der Waals surface area (Å²) in [6.07, 6.45) is 0.727. The van der Waals surface area contributed by atoms with E-state index in [9.17, 15) is 14.4 Å². The molecule has 0 heterocycles. The molecule has 8 heteroatoms. The first kappa shape index (κ1) is 19.9. The highest BCUT2D eigenvalue weighted by Gasteiger charge is 2.19. The van der Waals surface area contributed by atoms with E-state index in [1.807, 2.05) is 0 Å². The van der Waals surface area contributed by atoms with Gasteiger partial charge in [-0.05, 0) is 30.7 Å². The Kier molecular flexibility index (Phi) is 8.81. The van der Waals surface area contributed by atoms with Gasteiger partial charge in [-0.25, -0.2) is 4.79 Å². The molecule has 0 aliphatic rings. The summed E-state index contributed by atoms with van der Waals surface area (Å²) in [6.45, 7) is 0.555. The lowest BCUT2D eigenvalue weighted by Gasteiger charge is -2.14. The quantitative estimate of drug-likeness (QED) is 0.550. The Hall–Kier alpha value is -2.12.